The fraction of sp³-hybridized carbons (Fsp3) is 0.0370. The summed E-state index contributed by atoms with van der Waals surface area (Å²) < 4.78 is 4.98. The second-order valence-corrected chi connectivity index (χ2v) is 16.2. The Morgan fingerprint density at radius 1 is 0.456 bits per heavy atom. The summed E-state index contributed by atoms with van der Waals surface area (Å²) in [5, 5.41) is 10.4. The van der Waals surface area contributed by atoms with Crippen molar-refractivity contribution in [3.8, 4) is 16.8 Å². The summed E-state index contributed by atoms with van der Waals surface area (Å²) in [4.78, 5) is 2.48. The molecule has 2 aromatic heterocycles. The van der Waals surface area contributed by atoms with E-state index in [9.17, 15) is 0 Å². The highest BCUT2D eigenvalue weighted by molar-refractivity contribution is 7.26. The van der Waals surface area contributed by atoms with Crippen molar-refractivity contribution in [1.82, 2.24) is 4.57 Å². The Kier molecular flexibility index (Phi) is 7.26. The largest absolute Gasteiger partial charge is 0.309 e. The predicted octanol–water partition coefficient (Wildman–Crippen LogP) is 15.6. The van der Waals surface area contributed by atoms with E-state index in [4.69, 9.17) is 0 Å². The lowest BCUT2D eigenvalue weighted by molar-refractivity contribution is 1.00. The molecule has 11 aromatic rings. The van der Waals surface area contributed by atoms with Gasteiger partial charge in [-0.2, -0.15) is 0 Å². The maximum atomic E-state index is 2.48. The standard InChI is InChI=1S/C54H36N2S/c1-2-13-37(14-3-1)56-50-22-10-8-19-45(50)49-33-36(27-32-51(49)56)35-25-28-38(29-26-35)55(52-23-12-21-47-46-20-9-11-24-53(46)57-54(47)52)39-30-31-44-42-17-5-4-15-40(42)41-16-6-7-18-43(41)48(44)34-39/h1-4,6-16,18-34H,5,17H2. The van der Waals surface area contributed by atoms with Crippen LogP contribution in [0.15, 0.2) is 188 Å². The average molecular weight is 745 g/mol. The molecule has 0 saturated carbocycles. The fourth-order valence-corrected chi connectivity index (χ4v) is 10.7. The summed E-state index contributed by atoms with van der Waals surface area (Å²) in [5.41, 5.74) is 12.3. The molecule has 0 amide bonds. The van der Waals surface area contributed by atoms with Crippen LogP contribution in [0.2, 0.25) is 0 Å². The van der Waals surface area contributed by atoms with E-state index in [2.05, 4.69) is 204 Å². The molecule has 1 aliphatic carbocycles. The molecule has 1 aliphatic rings. The number of anilines is 3. The third-order valence-corrected chi connectivity index (χ3v) is 13.2. The third kappa shape index (κ3) is 5.02. The van der Waals surface area contributed by atoms with E-state index in [1.807, 2.05) is 11.3 Å². The van der Waals surface area contributed by atoms with Gasteiger partial charge in [0.25, 0.3) is 0 Å². The van der Waals surface area contributed by atoms with Crippen molar-refractivity contribution in [3.63, 3.8) is 0 Å². The molecule has 2 heterocycles. The van der Waals surface area contributed by atoms with Crippen LogP contribution in [0.4, 0.5) is 17.1 Å². The maximum absolute atomic E-state index is 2.48. The van der Waals surface area contributed by atoms with Crippen LogP contribution >= 0.6 is 11.3 Å². The van der Waals surface area contributed by atoms with Crippen LogP contribution in [0.25, 0.3) is 86.4 Å². The first kappa shape index (κ1) is 32.3. The summed E-state index contributed by atoms with van der Waals surface area (Å²) in [5.74, 6) is 0. The Bertz CT molecular complexity index is 3400. The number of benzene rings is 9. The van der Waals surface area contributed by atoms with Gasteiger partial charge in [0.2, 0.25) is 0 Å². The Balaban J connectivity index is 1.04. The zero-order chi connectivity index (χ0) is 37.5. The van der Waals surface area contributed by atoms with Crippen LogP contribution in [-0.4, -0.2) is 4.57 Å². The number of allylic oxidation sites excluding steroid dienone is 1. The number of hydrogen-bond donors (Lipinski definition) is 0. The first-order chi connectivity index (χ1) is 28.3. The molecule has 0 aliphatic heterocycles. The van der Waals surface area contributed by atoms with Crippen molar-refractivity contribution in [2.45, 2.75) is 12.8 Å². The second-order valence-electron chi connectivity index (χ2n) is 15.2. The molecule has 0 spiro atoms. The molecule has 0 N–H and O–H groups in total. The summed E-state index contributed by atoms with van der Waals surface area (Å²) in [6.07, 6.45) is 6.81. The normalized spacial score (nSPS) is 12.7. The maximum Gasteiger partial charge on any atom is 0.0640 e. The molecule has 12 rings (SSSR count). The molecule has 2 nitrogen and oxygen atoms in total. The van der Waals surface area contributed by atoms with Crippen molar-refractivity contribution in [2.75, 3.05) is 4.90 Å². The van der Waals surface area contributed by atoms with E-state index in [1.54, 1.807) is 0 Å². The minimum absolute atomic E-state index is 1.07. The highest BCUT2D eigenvalue weighted by Gasteiger charge is 2.21. The summed E-state index contributed by atoms with van der Waals surface area (Å²) >= 11 is 1.88. The molecule has 57 heavy (non-hydrogen) atoms. The fourth-order valence-electron chi connectivity index (χ4n) is 9.45. The van der Waals surface area contributed by atoms with Gasteiger partial charge in [-0.25, -0.2) is 0 Å². The van der Waals surface area contributed by atoms with E-state index in [0.29, 0.717) is 0 Å². The van der Waals surface area contributed by atoms with Gasteiger partial charge in [0, 0.05) is 43.3 Å². The van der Waals surface area contributed by atoms with Crippen LogP contribution in [-0.2, 0) is 6.42 Å². The summed E-state index contributed by atoms with van der Waals surface area (Å²) in [7, 11) is 0. The van der Waals surface area contributed by atoms with Gasteiger partial charge >= 0.3 is 0 Å². The van der Waals surface area contributed by atoms with Crippen LogP contribution < -0.4 is 4.90 Å². The number of aryl methyl sites for hydroxylation is 1. The summed E-state index contributed by atoms with van der Waals surface area (Å²) in [6.45, 7) is 0. The number of aromatic nitrogens is 1. The van der Waals surface area contributed by atoms with E-state index < -0.39 is 0 Å². The summed E-state index contributed by atoms with van der Waals surface area (Å²) in [6, 6.07) is 67.2. The SMILES string of the molecule is C1=Cc2c(c3ccc(N(c4ccc(-c5ccc6c(c5)c5ccccc5n6-c5ccccc5)cc4)c4cccc5c4sc4ccccc45)cc3c3ccccc23)CC1. The second kappa shape index (κ2) is 12.8. The van der Waals surface area contributed by atoms with Crippen molar-refractivity contribution in [1.29, 1.82) is 0 Å². The minimum atomic E-state index is 1.07. The number of fused-ring (bicyclic) bond motifs is 12. The monoisotopic (exact) mass is 744 g/mol. The third-order valence-electron chi connectivity index (χ3n) is 12.0. The molecule has 0 fully saturated rings. The number of para-hydroxylation sites is 2. The van der Waals surface area contributed by atoms with Gasteiger partial charge in [0.1, 0.15) is 0 Å². The predicted molar refractivity (Wildman–Crippen MR) is 246 cm³/mol. The van der Waals surface area contributed by atoms with Gasteiger partial charge in [-0.15, -0.1) is 11.3 Å². The van der Waals surface area contributed by atoms with Crippen LogP contribution in [0.3, 0.4) is 0 Å². The van der Waals surface area contributed by atoms with Crippen molar-refractivity contribution >= 4 is 98.0 Å². The van der Waals surface area contributed by atoms with Gasteiger partial charge < -0.3 is 9.47 Å². The molecule has 0 radical (unpaired) electrons. The molecule has 0 saturated heterocycles. The topological polar surface area (TPSA) is 8.17 Å². The van der Waals surface area contributed by atoms with Crippen molar-refractivity contribution in [3.05, 3.63) is 199 Å². The quantitative estimate of drug-likeness (QED) is 0.159. The van der Waals surface area contributed by atoms with Crippen LogP contribution in [0, 0.1) is 0 Å². The molecule has 0 atom stereocenters. The highest BCUT2D eigenvalue weighted by Crippen LogP contribution is 2.47. The number of rotatable bonds is 5. The van der Waals surface area contributed by atoms with Crippen LogP contribution in [0.1, 0.15) is 17.5 Å². The van der Waals surface area contributed by atoms with E-state index >= 15 is 0 Å². The average Bonchev–Trinajstić information content (AvgIpc) is 3.83. The first-order valence-electron chi connectivity index (χ1n) is 19.8. The molecular formula is C54H36N2S. The van der Waals surface area contributed by atoms with Gasteiger partial charge in [0.05, 0.1) is 21.4 Å². The lowest BCUT2D eigenvalue weighted by atomic mass is 9.86. The number of thiophene rings is 1. The molecular weight excluding hydrogens is 709 g/mol. The van der Waals surface area contributed by atoms with Gasteiger partial charge in [0.15, 0.2) is 0 Å². The van der Waals surface area contributed by atoms with E-state index in [-0.39, 0.29) is 0 Å². The number of nitrogens with zero attached hydrogens (tertiary/aromatic N) is 2. The van der Waals surface area contributed by atoms with Gasteiger partial charge in [-0.1, -0.05) is 127 Å². The Hall–Kier alpha value is -6.94. The smallest absolute Gasteiger partial charge is 0.0640 e. The van der Waals surface area contributed by atoms with Crippen LogP contribution in [0.5, 0.6) is 0 Å². The minimum Gasteiger partial charge on any atom is -0.309 e. The zero-order valence-electron chi connectivity index (χ0n) is 31.2. The van der Waals surface area contributed by atoms with E-state index in [0.717, 1.165) is 24.2 Å². The molecule has 0 bridgehead atoms. The van der Waals surface area contributed by atoms with E-state index in [1.165, 1.54) is 97.2 Å². The molecule has 0 unspecified atom stereocenters. The Morgan fingerprint density at radius 2 is 1.16 bits per heavy atom. The molecule has 3 heteroatoms. The highest BCUT2D eigenvalue weighted by atomic mass is 32.1. The number of hydrogen-bond acceptors (Lipinski definition) is 2. The Labute approximate surface area is 334 Å². The van der Waals surface area contributed by atoms with Gasteiger partial charge in [-0.05, 0) is 123 Å². The zero-order valence-corrected chi connectivity index (χ0v) is 32.0. The van der Waals surface area contributed by atoms with Crippen molar-refractivity contribution in [2.24, 2.45) is 0 Å². The first-order valence-corrected chi connectivity index (χ1v) is 20.6. The lowest BCUT2D eigenvalue weighted by Crippen LogP contribution is -2.10. The molecule has 268 valence electrons. The van der Waals surface area contributed by atoms with Gasteiger partial charge in [-0.3, -0.25) is 0 Å². The van der Waals surface area contributed by atoms with Crippen molar-refractivity contribution < 1.29 is 0 Å². The molecule has 9 aromatic carbocycles. The lowest BCUT2D eigenvalue weighted by Gasteiger charge is -2.27. The Morgan fingerprint density at radius 3 is 2.04 bits per heavy atom.